The Labute approximate surface area is 144 Å². The Morgan fingerprint density at radius 3 is 2.96 bits per heavy atom. The highest BCUT2D eigenvalue weighted by atomic mass is 16.3. The number of aliphatic hydroxyl groups excluding tert-OH is 1. The van der Waals surface area contributed by atoms with Crippen molar-refractivity contribution in [3.63, 3.8) is 0 Å². The number of aliphatic hydroxyl groups is 1. The largest absolute Gasteiger partial charge is 0.396 e. The van der Waals surface area contributed by atoms with Crippen molar-refractivity contribution in [1.82, 2.24) is 4.90 Å². The van der Waals surface area contributed by atoms with Gasteiger partial charge in [0.25, 0.3) is 0 Å². The van der Waals surface area contributed by atoms with E-state index in [0.717, 1.165) is 13.0 Å². The normalized spacial score (nSPS) is 50.3. The lowest BCUT2D eigenvalue weighted by atomic mass is 9.57. The zero-order valence-electron chi connectivity index (χ0n) is 14.6. The molecule has 3 heterocycles. The van der Waals surface area contributed by atoms with Crippen molar-refractivity contribution in [2.45, 2.75) is 36.8 Å². The number of hydrogen-bond acceptors (Lipinski definition) is 3. The average Bonchev–Trinajstić information content (AvgIpc) is 3.25. The Hall–Kier alpha value is -1.32. The SMILES string of the molecule is C[C@@H]1[C@]23C=CCN4CC[C@@]5(c6ccccc6N(C)[C@]15[C@H](CO)C2)[C@@H]43. The average molecular weight is 322 g/mol. The molecule has 0 unspecified atom stereocenters. The molecule has 126 valence electrons. The number of fused-ring (bicyclic) bond motifs is 1. The zero-order chi connectivity index (χ0) is 16.3. The molecule has 6 atom stereocenters. The maximum Gasteiger partial charge on any atom is 0.0596 e. The summed E-state index contributed by atoms with van der Waals surface area (Å²) in [6.45, 7) is 5.09. The number of rotatable bonds is 1. The summed E-state index contributed by atoms with van der Waals surface area (Å²) < 4.78 is 0. The number of anilines is 1. The van der Waals surface area contributed by atoms with Gasteiger partial charge in [0.1, 0.15) is 0 Å². The van der Waals surface area contributed by atoms with Crippen molar-refractivity contribution >= 4 is 5.69 Å². The molecule has 1 aromatic rings. The van der Waals surface area contributed by atoms with E-state index >= 15 is 0 Å². The van der Waals surface area contributed by atoms with Crippen LogP contribution in [0.5, 0.6) is 0 Å². The Morgan fingerprint density at radius 2 is 2.12 bits per heavy atom. The second kappa shape index (κ2) is 3.91. The highest BCUT2D eigenvalue weighted by Gasteiger charge is 2.85. The lowest BCUT2D eigenvalue weighted by Crippen LogP contribution is -2.64. The first-order valence-corrected chi connectivity index (χ1v) is 9.50. The Bertz CT molecular complexity index is 775. The van der Waals surface area contributed by atoms with E-state index in [-0.39, 0.29) is 16.4 Å². The van der Waals surface area contributed by atoms with E-state index in [1.807, 2.05) is 0 Å². The van der Waals surface area contributed by atoms with Gasteiger partial charge in [-0.3, -0.25) is 4.90 Å². The molecular weight excluding hydrogens is 296 g/mol. The lowest BCUT2D eigenvalue weighted by molar-refractivity contribution is 0.0467. The molecule has 6 rings (SSSR count). The van der Waals surface area contributed by atoms with Crippen LogP contribution in [-0.4, -0.2) is 48.3 Å². The van der Waals surface area contributed by atoms with Crippen molar-refractivity contribution in [1.29, 1.82) is 0 Å². The molecule has 3 spiro atoms. The Kier molecular flexibility index (Phi) is 2.27. The molecule has 1 N–H and O–H groups in total. The number of likely N-dealkylation sites (N-methyl/N-ethyl adjacent to an activating group) is 1. The van der Waals surface area contributed by atoms with E-state index in [0.29, 0.717) is 24.5 Å². The molecule has 0 aromatic heterocycles. The van der Waals surface area contributed by atoms with Crippen LogP contribution in [0.2, 0.25) is 0 Å². The Balaban J connectivity index is 1.74. The van der Waals surface area contributed by atoms with Gasteiger partial charge in [-0.25, -0.2) is 0 Å². The van der Waals surface area contributed by atoms with Gasteiger partial charge >= 0.3 is 0 Å². The number of hydrogen-bond donors (Lipinski definition) is 1. The molecule has 3 nitrogen and oxygen atoms in total. The van der Waals surface area contributed by atoms with Crippen LogP contribution in [0.15, 0.2) is 36.4 Å². The summed E-state index contributed by atoms with van der Waals surface area (Å²) in [5, 5.41) is 10.4. The molecule has 1 aromatic carbocycles. The van der Waals surface area contributed by atoms with Crippen LogP contribution in [-0.2, 0) is 5.41 Å². The summed E-state index contributed by atoms with van der Waals surface area (Å²) in [6, 6.07) is 9.70. The molecule has 1 saturated heterocycles. The fourth-order valence-electron chi connectivity index (χ4n) is 8.55. The van der Waals surface area contributed by atoms with E-state index in [9.17, 15) is 5.11 Å². The second-order valence-electron chi connectivity index (χ2n) is 8.84. The minimum absolute atomic E-state index is 0.0690. The number of para-hydroxylation sites is 1. The van der Waals surface area contributed by atoms with Crippen molar-refractivity contribution in [3.8, 4) is 0 Å². The quantitative estimate of drug-likeness (QED) is 0.805. The van der Waals surface area contributed by atoms with Crippen LogP contribution >= 0.6 is 0 Å². The molecule has 5 aliphatic rings. The summed E-state index contributed by atoms with van der Waals surface area (Å²) >= 11 is 0. The van der Waals surface area contributed by atoms with Gasteiger partial charge in [0, 0.05) is 48.7 Å². The fraction of sp³-hybridized carbons (Fsp3) is 0.619. The second-order valence-corrected chi connectivity index (χ2v) is 8.84. The monoisotopic (exact) mass is 322 g/mol. The summed E-state index contributed by atoms with van der Waals surface area (Å²) in [5.74, 6) is 0.938. The first kappa shape index (κ1) is 13.9. The molecule has 2 bridgehead atoms. The molecule has 3 fully saturated rings. The van der Waals surface area contributed by atoms with Crippen LogP contribution < -0.4 is 4.90 Å². The number of benzene rings is 1. The Morgan fingerprint density at radius 1 is 1.29 bits per heavy atom. The molecule has 0 amide bonds. The van der Waals surface area contributed by atoms with Crippen molar-refractivity contribution in [3.05, 3.63) is 42.0 Å². The van der Waals surface area contributed by atoms with E-state index < -0.39 is 0 Å². The summed E-state index contributed by atoms with van der Waals surface area (Å²) in [4.78, 5) is 5.35. The fourth-order valence-corrected chi connectivity index (χ4v) is 8.55. The van der Waals surface area contributed by atoms with Gasteiger partial charge in [-0.2, -0.15) is 0 Å². The third-order valence-electron chi connectivity index (χ3n) is 8.83. The summed E-state index contributed by atoms with van der Waals surface area (Å²) in [6.07, 6.45) is 7.34. The first-order chi connectivity index (χ1) is 11.6. The molecule has 2 aliphatic carbocycles. The lowest BCUT2D eigenvalue weighted by Gasteiger charge is -2.53. The molecule has 24 heavy (non-hydrogen) atoms. The minimum atomic E-state index is 0.0690. The highest BCUT2D eigenvalue weighted by Crippen LogP contribution is 2.80. The van der Waals surface area contributed by atoms with Gasteiger partial charge in [0.15, 0.2) is 0 Å². The molecular formula is C21H26N2O. The maximum atomic E-state index is 10.4. The number of nitrogens with zero attached hydrogens (tertiary/aromatic N) is 2. The maximum absolute atomic E-state index is 10.4. The van der Waals surface area contributed by atoms with Gasteiger partial charge in [-0.05, 0) is 36.9 Å². The van der Waals surface area contributed by atoms with E-state index in [4.69, 9.17) is 0 Å². The minimum Gasteiger partial charge on any atom is -0.396 e. The van der Waals surface area contributed by atoms with Crippen LogP contribution in [0.3, 0.4) is 0 Å². The van der Waals surface area contributed by atoms with Crippen molar-refractivity contribution in [2.24, 2.45) is 17.3 Å². The zero-order valence-corrected chi connectivity index (χ0v) is 14.6. The van der Waals surface area contributed by atoms with Crippen molar-refractivity contribution in [2.75, 3.05) is 31.6 Å². The van der Waals surface area contributed by atoms with Gasteiger partial charge < -0.3 is 10.0 Å². The van der Waals surface area contributed by atoms with Crippen LogP contribution in [0.1, 0.15) is 25.3 Å². The smallest absolute Gasteiger partial charge is 0.0596 e. The first-order valence-electron chi connectivity index (χ1n) is 9.50. The molecule has 3 heteroatoms. The highest BCUT2D eigenvalue weighted by molar-refractivity contribution is 5.72. The van der Waals surface area contributed by atoms with Gasteiger partial charge in [0.05, 0.1) is 5.54 Å². The van der Waals surface area contributed by atoms with Crippen LogP contribution in [0.4, 0.5) is 5.69 Å². The van der Waals surface area contributed by atoms with Gasteiger partial charge in [-0.15, -0.1) is 0 Å². The van der Waals surface area contributed by atoms with E-state index in [1.54, 1.807) is 5.56 Å². The van der Waals surface area contributed by atoms with E-state index in [1.165, 1.54) is 18.7 Å². The van der Waals surface area contributed by atoms with Gasteiger partial charge in [-0.1, -0.05) is 37.3 Å². The van der Waals surface area contributed by atoms with Crippen molar-refractivity contribution < 1.29 is 5.11 Å². The van der Waals surface area contributed by atoms with Crippen LogP contribution in [0.25, 0.3) is 0 Å². The predicted molar refractivity (Wildman–Crippen MR) is 95.2 cm³/mol. The predicted octanol–water partition coefficient (Wildman–Crippen LogP) is 2.41. The van der Waals surface area contributed by atoms with Gasteiger partial charge in [0.2, 0.25) is 0 Å². The standard InChI is InChI=1S/C21H26N2O/c1-14-19-8-5-10-23-11-9-20(18(19)23)16-6-3-4-7-17(16)22(2)21(14,20)15(12-19)13-24/h3-8,14-15,18,24H,9-13H2,1-2H3/t14-,15+,18+,19+,20-,21+/m1/s1. The molecule has 3 aliphatic heterocycles. The summed E-state index contributed by atoms with van der Waals surface area (Å²) in [5.41, 5.74) is 3.47. The third-order valence-corrected chi connectivity index (χ3v) is 8.83. The molecule has 2 saturated carbocycles. The summed E-state index contributed by atoms with van der Waals surface area (Å²) in [7, 11) is 2.30. The van der Waals surface area contributed by atoms with Crippen LogP contribution in [0, 0.1) is 17.3 Å². The third kappa shape index (κ3) is 1.02. The van der Waals surface area contributed by atoms with E-state index in [2.05, 4.69) is 60.2 Å². The molecule has 0 radical (unpaired) electrons. The topological polar surface area (TPSA) is 26.7 Å².